The molecule has 1 heterocycles. The summed E-state index contributed by atoms with van der Waals surface area (Å²) in [6, 6.07) is 20.4. The van der Waals surface area contributed by atoms with Gasteiger partial charge in [0.25, 0.3) is 0 Å². The van der Waals surface area contributed by atoms with Crippen molar-refractivity contribution in [1.82, 2.24) is 4.90 Å². The molecule has 3 aromatic carbocycles. The third-order valence-electron chi connectivity index (χ3n) is 8.64. The second-order valence-corrected chi connectivity index (χ2v) is 11.9. The van der Waals surface area contributed by atoms with Gasteiger partial charge in [-0.15, -0.1) is 23.2 Å². The fraction of sp³-hybridized carbons (Fsp3) is 0.344. The molecule has 1 N–H and O–H groups in total. The number of methoxy groups -OCH3 is 2. The first-order chi connectivity index (χ1) is 19.8. The predicted molar refractivity (Wildman–Crippen MR) is 156 cm³/mol. The smallest absolute Gasteiger partial charge is 0.235 e. The number of carbonyl (C=O) groups is 3. The number of rotatable bonds is 9. The van der Waals surface area contributed by atoms with Gasteiger partial charge >= 0.3 is 0 Å². The van der Waals surface area contributed by atoms with Crippen molar-refractivity contribution in [2.24, 2.45) is 11.8 Å². The molecule has 2 bridgehead atoms. The van der Waals surface area contributed by atoms with Crippen LogP contribution in [0.5, 0.6) is 11.5 Å². The van der Waals surface area contributed by atoms with Gasteiger partial charge in [-0.05, 0) is 47.2 Å². The molecule has 41 heavy (non-hydrogen) atoms. The molecule has 2 atom stereocenters. The van der Waals surface area contributed by atoms with Crippen LogP contribution in [-0.2, 0) is 24.1 Å². The van der Waals surface area contributed by atoms with E-state index in [4.69, 9.17) is 32.7 Å². The maximum absolute atomic E-state index is 13.9. The van der Waals surface area contributed by atoms with E-state index in [1.54, 1.807) is 25.3 Å². The molecule has 0 unspecified atom stereocenters. The van der Waals surface area contributed by atoms with Crippen LogP contribution in [0.2, 0.25) is 0 Å². The largest absolute Gasteiger partial charge is 0.497 e. The molecule has 1 saturated heterocycles. The molecule has 0 spiro atoms. The number of anilines is 1. The highest BCUT2D eigenvalue weighted by Crippen LogP contribution is 2.69. The number of hydrogen-bond donors (Lipinski definition) is 1. The summed E-state index contributed by atoms with van der Waals surface area (Å²) in [6.07, 6.45) is 2.13. The second kappa shape index (κ2) is 10.4. The molecule has 3 aliphatic carbocycles. The van der Waals surface area contributed by atoms with E-state index in [0.29, 0.717) is 42.9 Å². The van der Waals surface area contributed by atoms with Gasteiger partial charge in [0.15, 0.2) is 0 Å². The zero-order valence-corrected chi connectivity index (χ0v) is 24.3. The molecule has 0 saturated carbocycles. The lowest BCUT2D eigenvalue weighted by atomic mass is 9.54. The summed E-state index contributed by atoms with van der Waals surface area (Å²) in [7, 11) is 3.09. The van der Waals surface area contributed by atoms with Gasteiger partial charge in [0.2, 0.25) is 17.7 Å². The standard InChI is InChI=1S/C32H30Cl2N2O5/c1-40-19-15-16-24(25(18-19)41-2)35-26(37)14-4-3-9-17-36-29(38)27-28(30(36)39)32(34)21-11-6-5-10-20(21)31(27,33)22-12-7-8-13-23(22)32/h5-8,10-13,15-16,18,27-28H,3-4,9,14,17H2,1-2H3,(H,35,37)/t27-,28-,31?,32?/m0/s1. The minimum atomic E-state index is -1.17. The van der Waals surface area contributed by atoms with Crippen LogP contribution in [0.1, 0.15) is 47.9 Å². The number of nitrogens with one attached hydrogen (secondary N) is 1. The molecule has 7 nitrogen and oxygen atoms in total. The van der Waals surface area contributed by atoms with Crippen molar-refractivity contribution in [2.45, 2.75) is 35.4 Å². The summed E-state index contributed by atoms with van der Waals surface area (Å²) in [5.74, 6) is -1.15. The number of imide groups is 1. The van der Waals surface area contributed by atoms with Crippen LogP contribution in [-0.4, -0.2) is 43.4 Å². The highest BCUT2D eigenvalue weighted by molar-refractivity contribution is 6.36. The van der Waals surface area contributed by atoms with Gasteiger partial charge in [0, 0.05) is 19.0 Å². The number of unbranched alkanes of at least 4 members (excludes halogenated alkanes) is 2. The third kappa shape index (κ3) is 4.04. The molecule has 9 heteroatoms. The molecule has 1 aliphatic heterocycles. The van der Waals surface area contributed by atoms with E-state index in [2.05, 4.69) is 5.32 Å². The van der Waals surface area contributed by atoms with Gasteiger partial charge in [0.1, 0.15) is 21.2 Å². The second-order valence-electron chi connectivity index (χ2n) is 10.7. The van der Waals surface area contributed by atoms with E-state index in [1.807, 2.05) is 48.5 Å². The lowest BCUT2D eigenvalue weighted by Crippen LogP contribution is -2.57. The molecule has 0 aromatic heterocycles. The van der Waals surface area contributed by atoms with Gasteiger partial charge in [-0.1, -0.05) is 55.0 Å². The minimum absolute atomic E-state index is 0.145. The Labute approximate surface area is 248 Å². The molecular weight excluding hydrogens is 563 g/mol. The number of amides is 3. The minimum Gasteiger partial charge on any atom is -0.497 e. The van der Waals surface area contributed by atoms with E-state index in [9.17, 15) is 14.4 Å². The first-order valence-corrected chi connectivity index (χ1v) is 14.5. The van der Waals surface area contributed by atoms with E-state index < -0.39 is 21.6 Å². The van der Waals surface area contributed by atoms with E-state index in [1.165, 1.54) is 12.0 Å². The highest BCUT2D eigenvalue weighted by Gasteiger charge is 2.72. The highest BCUT2D eigenvalue weighted by atomic mass is 35.5. The van der Waals surface area contributed by atoms with E-state index in [0.717, 1.165) is 22.3 Å². The molecule has 7 rings (SSSR count). The molecule has 0 radical (unpaired) electrons. The normalized spacial score (nSPS) is 25.4. The molecule has 1 fully saturated rings. The summed E-state index contributed by atoms with van der Waals surface area (Å²) in [5, 5.41) is 2.87. The number of likely N-dealkylation sites (tertiary alicyclic amines) is 1. The van der Waals surface area contributed by atoms with Crippen molar-refractivity contribution in [3.63, 3.8) is 0 Å². The summed E-state index contributed by atoms with van der Waals surface area (Å²) in [4.78, 5) is 39.3. The van der Waals surface area contributed by atoms with Crippen LogP contribution in [0.4, 0.5) is 5.69 Å². The fourth-order valence-corrected chi connectivity index (χ4v) is 7.89. The van der Waals surface area contributed by atoms with Crippen molar-refractivity contribution < 1.29 is 23.9 Å². The average molecular weight is 594 g/mol. The number of halogens is 2. The number of carbonyl (C=O) groups excluding carboxylic acids is 3. The van der Waals surface area contributed by atoms with Crippen molar-refractivity contribution in [3.8, 4) is 11.5 Å². The Bertz CT molecular complexity index is 1440. The summed E-state index contributed by atoms with van der Waals surface area (Å²) in [5.41, 5.74) is 3.73. The number of nitrogens with zero attached hydrogens (tertiary/aromatic N) is 1. The average Bonchev–Trinajstić information content (AvgIpc) is 3.26. The van der Waals surface area contributed by atoms with Crippen molar-refractivity contribution in [3.05, 3.63) is 89.0 Å². The van der Waals surface area contributed by atoms with Gasteiger partial charge < -0.3 is 14.8 Å². The van der Waals surface area contributed by atoms with Crippen molar-refractivity contribution in [1.29, 1.82) is 0 Å². The van der Waals surface area contributed by atoms with Gasteiger partial charge in [-0.3, -0.25) is 19.3 Å². The monoisotopic (exact) mass is 592 g/mol. The molecule has 4 aliphatic rings. The zero-order valence-electron chi connectivity index (χ0n) is 22.8. The van der Waals surface area contributed by atoms with Crippen LogP contribution >= 0.6 is 23.2 Å². The quantitative estimate of drug-likeness (QED) is 0.193. The Balaban J connectivity index is 1.13. The Hall–Kier alpha value is -3.55. The van der Waals surface area contributed by atoms with Crippen LogP contribution in [0.3, 0.4) is 0 Å². The molecule has 3 aromatic rings. The van der Waals surface area contributed by atoms with Crippen LogP contribution in [0.15, 0.2) is 66.7 Å². The zero-order chi connectivity index (χ0) is 28.9. The summed E-state index contributed by atoms with van der Waals surface area (Å²) < 4.78 is 10.5. The first kappa shape index (κ1) is 27.6. The lowest BCUT2D eigenvalue weighted by molar-refractivity contribution is -0.140. The van der Waals surface area contributed by atoms with Crippen molar-refractivity contribution >= 4 is 46.6 Å². The SMILES string of the molecule is COc1ccc(NC(=O)CCCCCN2C(=O)[C@@H]3[C@@H](C2=O)C2(Cl)c4ccccc4C3(Cl)c3ccccc32)c(OC)c1. The van der Waals surface area contributed by atoms with Crippen LogP contribution in [0.25, 0.3) is 0 Å². The lowest BCUT2D eigenvalue weighted by Gasteiger charge is -2.54. The molecular formula is C32H30Cl2N2O5. The Morgan fingerprint density at radius 2 is 1.34 bits per heavy atom. The Kier molecular flexibility index (Phi) is 6.99. The third-order valence-corrected chi connectivity index (χ3v) is 9.93. The molecule has 212 valence electrons. The van der Waals surface area contributed by atoms with E-state index >= 15 is 0 Å². The van der Waals surface area contributed by atoms with Crippen LogP contribution < -0.4 is 14.8 Å². The van der Waals surface area contributed by atoms with E-state index in [-0.39, 0.29) is 24.3 Å². The number of alkyl halides is 2. The van der Waals surface area contributed by atoms with Gasteiger partial charge in [0.05, 0.1) is 31.7 Å². The number of hydrogen-bond acceptors (Lipinski definition) is 5. The summed E-state index contributed by atoms with van der Waals surface area (Å²) >= 11 is 14.9. The van der Waals surface area contributed by atoms with Crippen LogP contribution in [0, 0.1) is 11.8 Å². The first-order valence-electron chi connectivity index (χ1n) is 13.7. The Morgan fingerprint density at radius 3 is 1.83 bits per heavy atom. The topological polar surface area (TPSA) is 84.9 Å². The summed E-state index contributed by atoms with van der Waals surface area (Å²) in [6.45, 7) is 0.255. The fourth-order valence-electron chi connectivity index (χ4n) is 6.79. The number of benzene rings is 3. The van der Waals surface area contributed by atoms with Crippen molar-refractivity contribution in [2.75, 3.05) is 26.1 Å². The predicted octanol–water partition coefficient (Wildman–Crippen LogP) is 5.80. The maximum atomic E-state index is 13.9. The van der Waals surface area contributed by atoms with Gasteiger partial charge in [-0.2, -0.15) is 0 Å². The Morgan fingerprint density at radius 1 is 0.805 bits per heavy atom. The molecule has 3 amide bonds. The van der Waals surface area contributed by atoms with Gasteiger partial charge in [-0.25, -0.2) is 0 Å². The number of ether oxygens (including phenoxy) is 2. The maximum Gasteiger partial charge on any atom is 0.235 e.